The number of rotatable bonds is 4. The summed E-state index contributed by atoms with van der Waals surface area (Å²) in [7, 11) is 0. The molecule has 0 fully saturated rings. The van der Waals surface area contributed by atoms with Gasteiger partial charge in [-0.2, -0.15) is 5.10 Å². The normalized spacial score (nSPS) is 14.2. The van der Waals surface area contributed by atoms with Gasteiger partial charge in [0.2, 0.25) is 0 Å². The Morgan fingerprint density at radius 2 is 2.04 bits per heavy atom. The Bertz CT molecular complexity index is 1090. The van der Waals surface area contributed by atoms with E-state index in [-0.39, 0.29) is 0 Å². The smallest absolute Gasteiger partial charge is 0.159 e. The van der Waals surface area contributed by atoms with Gasteiger partial charge in [0, 0.05) is 54.0 Å². The third-order valence-electron chi connectivity index (χ3n) is 4.99. The van der Waals surface area contributed by atoms with Crippen molar-refractivity contribution < 1.29 is 0 Å². The summed E-state index contributed by atoms with van der Waals surface area (Å²) in [5.41, 5.74) is 5.68. The molecule has 5 nitrogen and oxygen atoms in total. The molecule has 1 aliphatic heterocycles. The van der Waals surface area contributed by atoms with Gasteiger partial charge in [-0.25, -0.2) is 9.97 Å². The predicted molar refractivity (Wildman–Crippen MR) is 112 cm³/mol. The molecule has 3 aromatic heterocycles. The van der Waals surface area contributed by atoms with Crippen LogP contribution >= 0.6 is 22.9 Å². The zero-order valence-corrected chi connectivity index (χ0v) is 16.7. The van der Waals surface area contributed by atoms with E-state index in [1.807, 2.05) is 36.7 Å². The van der Waals surface area contributed by atoms with E-state index in [1.54, 1.807) is 11.3 Å². The second-order valence-electron chi connectivity index (χ2n) is 6.88. The van der Waals surface area contributed by atoms with Crippen LogP contribution < -0.4 is 0 Å². The van der Waals surface area contributed by atoms with Crippen LogP contribution in [-0.2, 0) is 19.5 Å². The number of thiophene rings is 1. The lowest BCUT2D eigenvalue weighted by Gasteiger charge is -2.28. The number of hydrogen-bond donors (Lipinski definition) is 1. The fraction of sp³-hybridized carbons (Fsp3) is 0.190. The van der Waals surface area contributed by atoms with Gasteiger partial charge >= 0.3 is 0 Å². The van der Waals surface area contributed by atoms with Crippen LogP contribution in [0.15, 0.2) is 54.2 Å². The number of nitrogens with one attached hydrogen (secondary N) is 1. The summed E-state index contributed by atoms with van der Waals surface area (Å²) in [5, 5.41) is 10.2. The average molecular weight is 408 g/mol. The predicted octanol–water partition coefficient (Wildman–Crippen LogP) is 4.81. The lowest BCUT2D eigenvalue weighted by molar-refractivity contribution is 0.243. The maximum atomic E-state index is 5.98. The number of H-pyrrole nitrogens is 1. The first kappa shape index (κ1) is 17.6. The summed E-state index contributed by atoms with van der Waals surface area (Å²) in [6.07, 6.45) is 4.82. The molecule has 4 aromatic rings. The zero-order valence-electron chi connectivity index (χ0n) is 15.1. The highest BCUT2D eigenvalue weighted by Gasteiger charge is 2.20. The first-order valence-electron chi connectivity index (χ1n) is 9.15. The first-order valence-corrected chi connectivity index (χ1v) is 10.4. The molecule has 1 N–H and O–H groups in total. The van der Waals surface area contributed by atoms with Crippen molar-refractivity contribution in [1.82, 2.24) is 25.1 Å². The molecule has 0 unspecified atom stereocenters. The minimum absolute atomic E-state index is 0.721. The molecule has 4 heterocycles. The van der Waals surface area contributed by atoms with Gasteiger partial charge in [-0.1, -0.05) is 17.7 Å². The van der Waals surface area contributed by atoms with Crippen LogP contribution in [0.25, 0.3) is 22.0 Å². The molecule has 0 atom stereocenters. The van der Waals surface area contributed by atoms with Crippen LogP contribution in [0.5, 0.6) is 0 Å². The van der Waals surface area contributed by atoms with Crippen molar-refractivity contribution in [3.63, 3.8) is 0 Å². The molecule has 1 aliphatic rings. The Morgan fingerprint density at radius 3 is 2.86 bits per heavy atom. The Kier molecular flexibility index (Phi) is 4.68. The van der Waals surface area contributed by atoms with Gasteiger partial charge in [0.15, 0.2) is 5.82 Å². The maximum Gasteiger partial charge on any atom is 0.159 e. The molecule has 5 rings (SSSR count). The van der Waals surface area contributed by atoms with Crippen molar-refractivity contribution in [2.24, 2.45) is 0 Å². The van der Waals surface area contributed by atoms with E-state index in [4.69, 9.17) is 16.6 Å². The van der Waals surface area contributed by atoms with E-state index < -0.39 is 0 Å². The number of nitrogens with zero attached hydrogens (tertiary/aromatic N) is 4. The van der Waals surface area contributed by atoms with Crippen LogP contribution in [0.3, 0.4) is 0 Å². The molecule has 28 heavy (non-hydrogen) atoms. The fourth-order valence-corrected chi connectivity index (χ4v) is 4.44. The molecule has 140 valence electrons. The van der Waals surface area contributed by atoms with Gasteiger partial charge in [0.25, 0.3) is 0 Å². The van der Waals surface area contributed by atoms with E-state index in [0.29, 0.717) is 0 Å². The van der Waals surface area contributed by atoms with Gasteiger partial charge in [0.05, 0.1) is 22.5 Å². The summed E-state index contributed by atoms with van der Waals surface area (Å²) in [5.74, 6) is 0.763. The molecule has 0 bridgehead atoms. The Hall–Kier alpha value is -2.54. The van der Waals surface area contributed by atoms with Crippen LogP contribution in [0.4, 0.5) is 0 Å². The van der Waals surface area contributed by atoms with E-state index in [2.05, 4.69) is 37.6 Å². The SMILES string of the molecule is Clc1ccc(-c2ncc3c(n2)CCN(Cc2cn[nH]c2-c2cccs2)C3)cc1. The van der Waals surface area contributed by atoms with Gasteiger partial charge in [-0.05, 0) is 35.7 Å². The van der Waals surface area contributed by atoms with Crippen LogP contribution in [-0.4, -0.2) is 31.6 Å². The van der Waals surface area contributed by atoms with Crippen LogP contribution in [0, 0.1) is 0 Å². The zero-order chi connectivity index (χ0) is 18.9. The molecule has 0 radical (unpaired) electrons. The number of halogens is 1. The minimum atomic E-state index is 0.721. The highest BCUT2D eigenvalue weighted by Crippen LogP contribution is 2.28. The standard InChI is InChI=1S/C21H18ClN5S/c22-17-5-3-14(4-6-17)21-23-10-15-12-27(8-7-18(15)25-21)13-16-11-24-26-20(16)19-2-1-9-28-19/h1-6,9-11H,7-8,12-13H2,(H,24,26). The van der Waals surface area contributed by atoms with Crippen molar-refractivity contribution in [2.75, 3.05) is 6.54 Å². The van der Waals surface area contributed by atoms with Crippen molar-refractivity contribution in [3.05, 3.63) is 76.0 Å². The molecule has 0 aliphatic carbocycles. The van der Waals surface area contributed by atoms with Crippen molar-refractivity contribution in [1.29, 1.82) is 0 Å². The van der Waals surface area contributed by atoms with Crippen molar-refractivity contribution in [2.45, 2.75) is 19.5 Å². The molecular formula is C21H18ClN5S. The summed E-state index contributed by atoms with van der Waals surface area (Å²) in [4.78, 5) is 13.0. The van der Waals surface area contributed by atoms with Crippen LogP contribution in [0.2, 0.25) is 5.02 Å². The van der Waals surface area contributed by atoms with E-state index in [1.165, 1.54) is 16.0 Å². The molecule has 7 heteroatoms. The van der Waals surface area contributed by atoms with Gasteiger partial charge < -0.3 is 0 Å². The molecule has 0 saturated heterocycles. The lowest BCUT2D eigenvalue weighted by atomic mass is 10.1. The van der Waals surface area contributed by atoms with Crippen molar-refractivity contribution >= 4 is 22.9 Å². The van der Waals surface area contributed by atoms with E-state index >= 15 is 0 Å². The van der Waals surface area contributed by atoms with Gasteiger partial charge in [-0.15, -0.1) is 11.3 Å². The average Bonchev–Trinajstić information content (AvgIpc) is 3.40. The highest BCUT2D eigenvalue weighted by atomic mass is 35.5. The second kappa shape index (κ2) is 7.47. The number of fused-ring (bicyclic) bond motifs is 1. The van der Waals surface area contributed by atoms with E-state index in [0.717, 1.165) is 53.9 Å². The molecule has 0 saturated carbocycles. The fourth-order valence-electron chi connectivity index (χ4n) is 3.55. The Morgan fingerprint density at radius 1 is 1.14 bits per heavy atom. The Balaban J connectivity index is 1.34. The molecular weight excluding hydrogens is 390 g/mol. The summed E-state index contributed by atoms with van der Waals surface area (Å²) in [6.45, 7) is 2.69. The maximum absolute atomic E-state index is 5.98. The van der Waals surface area contributed by atoms with Gasteiger partial charge in [0.1, 0.15) is 0 Å². The number of aromatic amines is 1. The number of aromatic nitrogens is 4. The molecule has 1 aromatic carbocycles. The van der Waals surface area contributed by atoms with Gasteiger partial charge in [-0.3, -0.25) is 10.00 Å². The Labute approximate surface area is 172 Å². The number of benzene rings is 1. The first-order chi connectivity index (χ1) is 13.8. The summed E-state index contributed by atoms with van der Waals surface area (Å²) in [6, 6.07) is 11.9. The van der Waals surface area contributed by atoms with Crippen molar-refractivity contribution in [3.8, 4) is 22.0 Å². The third kappa shape index (κ3) is 3.46. The largest absolute Gasteiger partial charge is 0.294 e. The monoisotopic (exact) mass is 407 g/mol. The molecule has 0 amide bonds. The summed E-state index contributed by atoms with van der Waals surface area (Å²) < 4.78 is 0. The lowest BCUT2D eigenvalue weighted by Crippen LogP contribution is -2.31. The second-order valence-corrected chi connectivity index (χ2v) is 8.26. The quantitative estimate of drug-likeness (QED) is 0.527. The summed E-state index contributed by atoms with van der Waals surface area (Å²) >= 11 is 7.71. The molecule has 0 spiro atoms. The number of hydrogen-bond acceptors (Lipinski definition) is 5. The minimum Gasteiger partial charge on any atom is -0.294 e. The third-order valence-corrected chi connectivity index (χ3v) is 6.13. The van der Waals surface area contributed by atoms with Crippen LogP contribution in [0.1, 0.15) is 16.8 Å². The highest BCUT2D eigenvalue weighted by molar-refractivity contribution is 7.13. The van der Waals surface area contributed by atoms with E-state index in [9.17, 15) is 0 Å². The topological polar surface area (TPSA) is 57.7 Å².